The van der Waals surface area contributed by atoms with E-state index in [1.807, 2.05) is 0 Å². The second kappa shape index (κ2) is 5.60. The molecule has 1 aromatic carbocycles. The molecule has 0 unspecified atom stereocenters. The fraction of sp³-hybridized carbons (Fsp3) is 0.571. The molecule has 0 fully saturated rings. The summed E-state index contributed by atoms with van der Waals surface area (Å²) in [6, 6.07) is 4.31. The lowest BCUT2D eigenvalue weighted by molar-refractivity contribution is -0.136. The molecule has 134 valence electrons. The quantitative estimate of drug-likeness (QED) is 0.831. The van der Waals surface area contributed by atoms with E-state index in [9.17, 15) is 9.90 Å². The number of aliphatic hydroxyl groups is 1. The summed E-state index contributed by atoms with van der Waals surface area (Å²) in [6.45, 7) is 6.94. The molecule has 4 rings (SSSR count). The molecule has 25 heavy (non-hydrogen) atoms. The zero-order valence-electron chi connectivity index (χ0n) is 15.4. The van der Waals surface area contributed by atoms with E-state index in [-0.39, 0.29) is 17.3 Å². The number of esters is 1. The third-order valence-corrected chi connectivity index (χ3v) is 6.54. The summed E-state index contributed by atoms with van der Waals surface area (Å²) >= 11 is 0. The molecule has 1 aromatic rings. The Morgan fingerprint density at radius 3 is 2.80 bits per heavy atom. The van der Waals surface area contributed by atoms with Crippen molar-refractivity contribution >= 4 is 5.97 Å². The minimum Gasteiger partial charge on any atom is -0.496 e. The van der Waals surface area contributed by atoms with Crippen molar-refractivity contribution in [1.82, 2.24) is 0 Å². The number of fused-ring (bicyclic) bond motifs is 4. The maximum Gasteiger partial charge on any atom is 0.334 e. The van der Waals surface area contributed by atoms with Crippen LogP contribution in [-0.4, -0.2) is 24.8 Å². The van der Waals surface area contributed by atoms with Gasteiger partial charge in [0, 0.05) is 16.6 Å². The van der Waals surface area contributed by atoms with E-state index in [2.05, 4.69) is 32.9 Å². The third kappa shape index (κ3) is 2.20. The van der Waals surface area contributed by atoms with Gasteiger partial charge in [-0.3, -0.25) is 0 Å². The van der Waals surface area contributed by atoms with Crippen molar-refractivity contribution in [3.63, 3.8) is 0 Å². The average Bonchev–Trinajstić information content (AvgIpc) is 2.96. The van der Waals surface area contributed by atoms with E-state index in [0.717, 1.165) is 40.9 Å². The summed E-state index contributed by atoms with van der Waals surface area (Å²) in [5.74, 6) is 1.16. The molecule has 0 radical (unpaired) electrons. The van der Waals surface area contributed by atoms with Gasteiger partial charge in [-0.25, -0.2) is 4.79 Å². The topological polar surface area (TPSA) is 55.8 Å². The molecule has 4 nitrogen and oxygen atoms in total. The van der Waals surface area contributed by atoms with Gasteiger partial charge < -0.3 is 14.6 Å². The molecule has 0 spiro atoms. The van der Waals surface area contributed by atoms with Gasteiger partial charge in [0.25, 0.3) is 0 Å². The van der Waals surface area contributed by atoms with E-state index in [0.29, 0.717) is 18.9 Å². The predicted molar refractivity (Wildman–Crippen MR) is 94.7 cm³/mol. The van der Waals surface area contributed by atoms with E-state index >= 15 is 0 Å². The number of methoxy groups -OCH3 is 1. The van der Waals surface area contributed by atoms with Crippen LogP contribution in [0.3, 0.4) is 0 Å². The van der Waals surface area contributed by atoms with Crippen molar-refractivity contribution in [3.05, 3.63) is 40.0 Å². The highest BCUT2D eigenvalue weighted by atomic mass is 16.5. The molecule has 4 heteroatoms. The van der Waals surface area contributed by atoms with E-state index in [1.54, 1.807) is 7.11 Å². The van der Waals surface area contributed by atoms with Crippen LogP contribution in [0.25, 0.3) is 0 Å². The van der Waals surface area contributed by atoms with E-state index in [4.69, 9.17) is 9.47 Å². The molecule has 2 aliphatic carbocycles. The Hall–Kier alpha value is -1.81. The first-order chi connectivity index (χ1) is 11.9. The molecule has 3 aliphatic rings. The number of hydrogen-bond acceptors (Lipinski definition) is 4. The van der Waals surface area contributed by atoms with Crippen LogP contribution < -0.4 is 4.74 Å². The van der Waals surface area contributed by atoms with Crippen molar-refractivity contribution in [2.45, 2.75) is 57.5 Å². The zero-order valence-corrected chi connectivity index (χ0v) is 15.4. The lowest BCUT2D eigenvalue weighted by Gasteiger charge is -2.48. The van der Waals surface area contributed by atoms with Crippen LogP contribution in [0.15, 0.2) is 23.3 Å². The zero-order chi connectivity index (χ0) is 17.9. The third-order valence-electron chi connectivity index (χ3n) is 6.54. The van der Waals surface area contributed by atoms with Gasteiger partial charge in [-0.1, -0.05) is 32.9 Å². The SMILES string of the molecule is COc1c(C(C)C)ccc2c1[C@@H](O)C[C@@H]1C3=C(CC[C@]21C)C(=O)OC3. The minimum atomic E-state index is -0.579. The monoisotopic (exact) mass is 342 g/mol. The number of aliphatic hydroxyl groups excluding tert-OH is 1. The predicted octanol–water partition coefficient (Wildman–Crippen LogP) is 3.78. The fourth-order valence-electron chi connectivity index (χ4n) is 5.16. The smallest absolute Gasteiger partial charge is 0.334 e. The Balaban J connectivity index is 1.90. The van der Waals surface area contributed by atoms with Crippen LogP contribution in [0.4, 0.5) is 0 Å². The summed E-state index contributed by atoms with van der Waals surface area (Å²) in [6.07, 6.45) is 1.70. The number of ether oxygens (including phenoxy) is 2. The van der Waals surface area contributed by atoms with Gasteiger partial charge >= 0.3 is 5.97 Å². The minimum absolute atomic E-state index is 0.0931. The summed E-state index contributed by atoms with van der Waals surface area (Å²) in [5.41, 5.74) is 5.12. The molecule has 0 amide bonds. The molecule has 0 saturated heterocycles. The van der Waals surface area contributed by atoms with E-state index < -0.39 is 6.10 Å². The van der Waals surface area contributed by atoms with Gasteiger partial charge in [0.2, 0.25) is 0 Å². The fourth-order valence-corrected chi connectivity index (χ4v) is 5.16. The molecule has 1 N–H and O–H groups in total. The average molecular weight is 342 g/mol. The van der Waals surface area contributed by atoms with Gasteiger partial charge in [-0.2, -0.15) is 0 Å². The molecule has 1 aliphatic heterocycles. The first kappa shape index (κ1) is 16.6. The number of carbonyl (C=O) groups is 1. The number of hydrogen-bond donors (Lipinski definition) is 1. The van der Waals surface area contributed by atoms with E-state index in [1.165, 1.54) is 5.56 Å². The summed E-state index contributed by atoms with van der Waals surface area (Å²) in [5, 5.41) is 11.0. The van der Waals surface area contributed by atoms with Gasteiger partial charge in [-0.15, -0.1) is 0 Å². The Bertz CT molecular complexity index is 776. The summed E-state index contributed by atoms with van der Waals surface area (Å²) in [4.78, 5) is 12.0. The summed E-state index contributed by atoms with van der Waals surface area (Å²) < 4.78 is 11.0. The van der Waals surface area contributed by atoms with Crippen molar-refractivity contribution < 1.29 is 19.4 Å². The number of rotatable bonds is 2. The molecule has 1 heterocycles. The normalized spacial score (nSPS) is 30.7. The van der Waals surface area contributed by atoms with Crippen LogP contribution in [0, 0.1) is 5.92 Å². The maximum absolute atomic E-state index is 12.0. The van der Waals surface area contributed by atoms with Crippen LogP contribution >= 0.6 is 0 Å². The van der Waals surface area contributed by atoms with Crippen molar-refractivity contribution in [3.8, 4) is 5.75 Å². The van der Waals surface area contributed by atoms with Gasteiger partial charge in [0.05, 0.1) is 13.2 Å². The molecule has 0 saturated carbocycles. The first-order valence-electron chi connectivity index (χ1n) is 9.16. The van der Waals surface area contributed by atoms with Crippen molar-refractivity contribution in [2.75, 3.05) is 13.7 Å². The molecular formula is C21H26O4. The lowest BCUT2D eigenvalue weighted by Crippen LogP contribution is -2.42. The van der Waals surface area contributed by atoms with Gasteiger partial charge in [0.15, 0.2) is 0 Å². The van der Waals surface area contributed by atoms with Gasteiger partial charge in [-0.05, 0) is 47.8 Å². The number of benzene rings is 1. The summed E-state index contributed by atoms with van der Waals surface area (Å²) in [7, 11) is 1.69. The van der Waals surface area contributed by atoms with Crippen LogP contribution in [-0.2, 0) is 14.9 Å². The molecule has 0 bridgehead atoms. The van der Waals surface area contributed by atoms with Crippen molar-refractivity contribution in [1.29, 1.82) is 0 Å². The molecular weight excluding hydrogens is 316 g/mol. The van der Waals surface area contributed by atoms with Crippen LogP contribution in [0.5, 0.6) is 5.75 Å². The molecule has 3 atom stereocenters. The van der Waals surface area contributed by atoms with Crippen LogP contribution in [0.1, 0.15) is 68.7 Å². The number of cyclic esters (lactones) is 1. The van der Waals surface area contributed by atoms with Gasteiger partial charge in [0.1, 0.15) is 12.4 Å². The highest BCUT2D eigenvalue weighted by Gasteiger charge is 2.51. The van der Waals surface area contributed by atoms with Crippen molar-refractivity contribution in [2.24, 2.45) is 5.92 Å². The highest BCUT2D eigenvalue weighted by molar-refractivity contribution is 5.92. The highest BCUT2D eigenvalue weighted by Crippen LogP contribution is 2.57. The largest absolute Gasteiger partial charge is 0.496 e. The second-order valence-corrected chi connectivity index (χ2v) is 8.11. The molecule has 0 aromatic heterocycles. The van der Waals surface area contributed by atoms with Crippen LogP contribution in [0.2, 0.25) is 0 Å². The first-order valence-corrected chi connectivity index (χ1v) is 9.16. The Labute approximate surface area is 148 Å². The Kier molecular flexibility index (Phi) is 3.73. The standard InChI is InChI=1S/C21H26O4/c1-11(2)12-5-6-15-18(19(12)24-4)17(22)9-16-14-10-25-20(23)13(14)7-8-21(15,16)3/h5-6,11,16-17,22H,7-10H2,1-4H3/t16-,17+,21-/m1/s1. The lowest BCUT2D eigenvalue weighted by atomic mass is 9.56. The Morgan fingerprint density at radius 2 is 2.12 bits per heavy atom. The Morgan fingerprint density at radius 1 is 1.36 bits per heavy atom. The maximum atomic E-state index is 12.0. The second-order valence-electron chi connectivity index (χ2n) is 8.11. The number of carbonyl (C=O) groups excluding carboxylic acids is 1.